The minimum absolute atomic E-state index is 0.0245. The fourth-order valence-corrected chi connectivity index (χ4v) is 2.86. The molecule has 1 atom stereocenters. The van der Waals surface area contributed by atoms with Crippen molar-refractivity contribution in [1.29, 1.82) is 0 Å². The van der Waals surface area contributed by atoms with E-state index in [4.69, 9.17) is 4.74 Å². The maximum absolute atomic E-state index is 12.3. The highest BCUT2D eigenvalue weighted by Gasteiger charge is 2.36. The Morgan fingerprint density at radius 2 is 2.17 bits per heavy atom. The highest BCUT2D eigenvalue weighted by Crippen LogP contribution is 2.33. The molecule has 5 nitrogen and oxygen atoms in total. The van der Waals surface area contributed by atoms with Crippen LogP contribution >= 0.6 is 0 Å². The van der Waals surface area contributed by atoms with E-state index < -0.39 is 0 Å². The lowest BCUT2D eigenvalue weighted by Gasteiger charge is -2.20. The largest absolute Gasteiger partial charge is 0.495 e. The summed E-state index contributed by atoms with van der Waals surface area (Å²) in [6.07, 6.45) is 3.48. The van der Waals surface area contributed by atoms with Crippen LogP contribution in [0.25, 0.3) is 0 Å². The molecular weight excluding hydrogens is 292 g/mol. The van der Waals surface area contributed by atoms with Gasteiger partial charge in [0.05, 0.1) is 18.7 Å². The Morgan fingerprint density at radius 3 is 2.87 bits per heavy atom. The number of methoxy groups -OCH3 is 1. The second kappa shape index (κ2) is 7.99. The van der Waals surface area contributed by atoms with Crippen molar-refractivity contribution in [2.45, 2.75) is 39.5 Å². The van der Waals surface area contributed by atoms with Crippen LogP contribution in [0.5, 0.6) is 5.75 Å². The third-order valence-electron chi connectivity index (χ3n) is 4.20. The molecule has 1 aliphatic rings. The van der Waals surface area contributed by atoms with Gasteiger partial charge in [-0.2, -0.15) is 0 Å². The molecular formula is C18H26N2O3. The van der Waals surface area contributed by atoms with Crippen LogP contribution in [-0.2, 0) is 9.59 Å². The first kappa shape index (κ1) is 17.3. The average molecular weight is 318 g/mol. The van der Waals surface area contributed by atoms with Crippen LogP contribution in [-0.4, -0.2) is 32.0 Å². The number of ether oxygens (including phenoxy) is 1. The van der Waals surface area contributed by atoms with E-state index in [0.29, 0.717) is 18.8 Å². The average Bonchev–Trinajstić information content (AvgIpc) is 2.93. The van der Waals surface area contributed by atoms with Gasteiger partial charge >= 0.3 is 0 Å². The number of rotatable bonds is 7. The fraction of sp³-hybridized carbons (Fsp3) is 0.556. The van der Waals surface area contributed by atoms with Crippen LogP contribution in [0, 0.1) is 12.8 Å². The maximum atomic E-state index is 12.3. The van der Waals surface area contributed by atoms with Gasteiger partial charge < -0.3 is 15.0 Å². The summed E-state index contributed by atoms with van der Waals surface area (Å²) in [6, 6.07) is 5.73. The monoisotopic (exact) mass is 318 g/mol. The molecule has 2 amide bonds. The van der Waals surface area contributed by atoms with Crippen LogP contribution in [0.1, 0.15) is 38.2 Å². The van der Waals surface area contributed by atoms with E-state index in [2.05, 4.69) is 12.2 Å². The van der Waals surface area contributed by atoms with Crippen molar-refractivity contribution in [2.75, 3.05) is 25.1 Å². The topological polar surface area (TPSA) is 58.6 Å². The molecule has 0 aromatic heterocycles. The van der Waals surface area contributed by atoms with Crippen molar-refractivity contribution < 1.29 is 14.3 Å². The van der Waals surface area contributed by atoms with E-state index in [1.165, 1.54) is 0 Å². The number of nitrogens with one attached hydrogen (secondary N) is 1. The lowest BCUT2D eigenvalue weighted by Crippen LogP contribution is -2.33. The summed E-state index contributed by atoms with van der Waals surface area (Å²) in [5.41, 5.74) is 1.81. The van der Waals surface area contributed by atoms with Gasteiger partial charge in [0, 0.05) is 19.5 Å². The molecule has 1 fully saturated rings. The normalized spacial score (nSPS) is 17.4. The summed E-state index contributed by atoms with van der Waals surface area (Å²) in [7, 11) is 1.59. The van der Waals surface area contributed by atoms with Gasteiger partial charge in [0.15, 0.2) is 0 Å². The Hall–Kier alpha value is -2.04. The molecule has 1 aromatic carbocycles. The molecule has 0 unspecified atom stereocenters. The number of benzene rings is 1. The van der Waals surface area contributed by atoms with Gasteiger partial charge in [-0.15, -0.1) is 0 Å². The van der Waals surface area contributed by atoms with Crippen molar-refractivity contribution >= 4 is 17.5 Å². The molecule has 23 heavy (non-hydrogen) atoms. The highest BCUT2D eigenvalue weighted by atomic mass is 16.5. The van der Waals surface area contributed by atoms with Crippen molar-refractivity contribution in [1.82, 2.24) is 5.32 Å². The number of carbonyl (C=O) groups is 2. The molecule has 1 aromatic rings. The van der Waals surface area contributed by atoms with Gasteiger partial charge in [0.2, 0.25) is 11.8 Å². The zero-order valence-electron chi connectivity index (χ0n) is 14.2. The van der Waals surface area contributed by atoms with Crippen molar-refractivity contribution in [3.8, 4) is 5.75 Å². The number of aryl methyl sites for hydroxylation is 1. The third kappa shape index (κ3) is 4.24. The van der Waals surface area contributed by atoms with E-state index in [0.717, 1.165) is 30.5 Å². The SMILES string of the molecule is CCCCCNC(=O)[C@H]1CC(=O)N(c2cc(C)ccc2OC)C1. The van der Waals surface area contributed by atoms with Crippen LogP contribution in [0.3, 0.4) is 0 Å². The molecule has 1 heterocycles. The number of hydrogen-bond acceptors (Lipinski definition) is 3. The molecule has 0 spiro atoms. The number of unbranched alkanes of at least 4 members (excludes halogenated alkanes) is 2. The second-order valence-corrected chi connectivity index (χ2v) is 6.08. The Morgan fingerprint density at radius 1 is 1.39 bits per heavy atom. The van der Waals surface area contributed by atoms with E-state index >= 15 is 0 Å². The van der Waals surface area contributed by atoms with Gasteiger partial charge in [-0.05, 0) is 31.0 Å². The molecule has 2 rings (SSSR count). The summed E-state index contributed by atoms with van der Waals surface area (Å²) >= 11 is 0. The van der Waals surface area contributed by atoms with Crippen molar-refractivity contribution in [2.24, 2.45) is 5.92 Å². The summed E-state index contributed by atoms with van der Waals surface area (Å²) in [6.45, 7) is 5.20. The van der Waals surface area contributed by atoms with Crippen LogP contribution < -0.4 is 15.0 Å². The minimum atomic E-state index is -0.283. The molecule has 0 bridgehead atoms. The Labute approximate surface area is 138 Å². The Kier molecular flexibility index (Phi) is 6.02. The first-order chi connectivity index (χ1) is 11.1. The summed E-state index contributed by atoms with van der Waals surface area (Å²) < 4.78 is 5.35. The fourth-order valence-electron chi connectivity index (χ4n) is 2.86. The Balaban J connectivity index is 2.02. The molecule has 1 saturated heterocycles. The summed E-state index contributed by atoms with van der Waals surface area (Å²) in [5.74, 6) is 0.327. The van der Waals surface area contributed by atoms with Crippen LogP contribution in [0.15, 0.2) is 18.2 Å². The minimum Gasteiger partial charge on any atom is -0.495 e. The molecule has 5 heteroatoms. The highest BCUT2D eigenvalue weighted by molar-refractivity contribution is 6.01. The molecule has 0 saturated carbocycles. The third-order valence-corrected chi connectivity index (χ3v) is 4.20. The van der Waals surface area contributed by atoms with E-state index in [1.54, 1.807) is 12.0 Å². The standard InChI is InChI=1S/C18H26N2O3/c1-4-5-6-9-19-18(22)14-11-17(21)20(12-14)15-10-13(2)7-8-16(15)23-3/h7-8,10,14H,4-6,9,11-12H2,1-3H3,(H,19,22)/t14-/m0/s1. The quantitative estimate of drug-likeness (QED) is 0.786. The number of nitrogens with zero attached hydrogens (tertiary/aromatic N) is 1. The Bertz CT molecular complexity index is 571. The van der Waals surface area contributed by atoms with Gasteiger partial charge in [-0.25, -0.2) is 0 Å². The van der Waals surface area contributed by atoms with Crippen molar-refractivity contribution in [3.63, 3.8) is 0 Å². The lowest BCUT2D eigenvalue weighted by molar-refractivity contribution is -0.126. The summed E-state index contributed by atoms with van der Waals surface area (Å²) in [5, 5.41) is 2.94. The molecule has 1 N–H and O–H groups in total. The first-order valence-electron chi connectivity index (χ1n) is 8.29. The van der Waals surface area contributed by atoms with Crippen molar-refractivity contribution in [3.05, 3.63) is 23.8 Å². The van der Waals surface area contributed by atoms with Crippen LogP contribution in [0.2, 0.25) is 0 Å². The predicted octanol–water partition coefficient (Wildman–Crippen LogP) is 2.66. The van der Waals surface area contributed by atoms with Gasteiger partial charge in [-0.3, -0.25) is 9.59 Å². The van der Waals surface area contributed by atoms with Gasteiger partial charge in [0.25, 0.3) is 0 Å². The number of amides is 2. The maximum Gasteiger partial charge on any atom is 0.227 e. The molecule has 126 valence electrons. The predicted molar refractivity (Wildman–Crippen MR) is 90.7 cm³/mol. The zero-order chi connectivity index (χ0) is 16.8. The zero-order valence-corrected chi connectivity index (χ0v) is 14.2. The van der Waals surface area contributed by atoms with Gasteiger partial charge in [0.1, 0.15) is 5.75 Å². The van der Waals surface area contributed by atoms with E-state index in [1.807, 2.05) is 25.1 Å². The molecule has 0 aliphatic carbocycles. The molecule has 1 aliphatic heterocycles. The van der Waals surface area contributed by atoms with Crippen LogP contribution in [0.4, 0.5) is 5.69 Å². The van der Waals surface area contributed by atoms with E-state index in [-0.39, 0.29) is 24.2 Å². The number of carbonyl (C=O) groups excluding carboxylic acids is 2. The lowest BCUT2D eigenvalue weighted by atomic mass is 10.1. The second-order valence-electron chi connectivity index (χ2n) is 6.08. The number of anilines is 1. The smallest absolute Gasteiger partial charge is 0.227 e. The molecule has 0 radical (unpaired) electrons. The van der Waals surface area contributed by atoms with E-state index in [9.17, 15) is 9.59 Å². The number of hydrogen-bond donors (Lipinski definition) is 1. The first-order valence-corrected chi connectivity index (χ1v) is 8.29. The van der Waals surface area contributed by atoms with Gasteiger partial charge in [-0.1, -0.05) is 25.8 Å². The summed E-state index contributed by atoms with van der Waals surface area (Å²) in [4.78, 5) is 26.2.